The summed E-state index contributed by atoms with van der Waals surface area (Å²) in [5, 5.41) is 4.04. The third-order valence-corrected chi connectivity index (χ3v) is 6.70. The Kier molecular flexibility index (Phi) is 5.36. The maximum Gasteiger partial charge on any atom is 0.253 e. The van der Waals surface area contributed by atoms with Crippen LogP contribution in [-0.4, -0.2) is 53.9 Å². The summed E-state index contributed by atoms with van der Waals surface area (Å²) in [7, 11) is -1.60. The van der Waals surface area contributed by atoms with Crippen molar-refractivity contribution in [3.63, 3.8) is 0 Å². The van der Waals surface area contributed by atoms with E-state index in [2.05, 4.69) is 9.82 Å². The number of benzene rings is 1. The molecule has 7 nitrogen and oxygen atoms in total. The van der Waals surface area contributed by atoms with Gasteiger partial charge in [0.25, 0.3) is 5.91 Å². The lowest BCUT2D eigenvalue weighted by Crippen LogP contribution is -2.59. The van der Waals surface area contributed by atoms with E-state index in [-0.39, 0.29) is 19.0 Å². The van der Waals surface area contributed by atoms with Crippen molar-refractivity contribution in [3.8, 4) is 0 Å². The first-order valence-corrected chi connectivity index (χ1v) is 10.2. The molecule has 140 valence electrons. The van der Waals surface area contributed by atoms with Crippen LogP contribution in [0.2, 0.25) is 5.02 Å². The van der Waals surface area contributed by atoms with Gasteiger partial charge in [-0.05, 0) is 37.1 Å². The van der Waals surface area contributed by atoms with Gasteiger partial charge >= 0.3 is 0 Å². The Balaban J connectivity index is 1.51. The Morgan fingerprint density at radius 2 is 2.12 bits per heavy atom. The molecule has 0 unspecified atom stereocenters. The molecule has 0 aliphatic carbocycles. The van der Waals surface area contributed by atoms with E-state index in [0.29, 0.717) is 23.6 Å². The molecule has 1 fully saturated rings. The lowest BCUT2D eigenvalue weighted by Gasteiger charge is -2.38. The van der Waals surface area contributed by atoms with Crippen LogP contribution in [0.5, 0.6) is 0 Å². The fraction of sp³-hybridized carbons (Fsp3) is 0.412. The van der Waals surface area contributed by atoms with E-state index in [1.807, 2.05) is 14.0 Å². The van der Waals surface area contributed by atoms with Gasteiger partial charge in [0.2, 0.25) is 10.0 Å². The molecule has 2 heterocycles. The van der Waals surface area contributed by atoms with Crippen LogP contribution in [0.25, 0.3) is 0 Å². The highest BCUT2D eigenvalue weighted by Gasteiger charge is 2.39. The monoisotopic (exact) mass is 396 g/mol. The zero-order chi connectivity index (χ0) is 18.9. The number of halogens is 1. The molecule has 0 spiro atoms. The molecule has 1 aromatic heterocycles. The van der Waals surface area contributed by atoms with Crippen molar-refractivity contribution in [2.24, 2.45) is 7.05 Å². The molecular formula is C17H21ClN4O3S. The molecule has 0 atom stereocenters. The number of hydrogen-bond donors (Lipinski definition) is 1. The largest absolute Gasteiger partial charge is 0.336 e. The Labute approximate surface area is 158 Å². The highest BCUT2D eigenvalue weighted by atomic mass is 35.5. The average molecular weight is 397 g/mol. The van der Waals surface area contributed by atoms with Gasteiger partial charge < -0.3 is 4.90 Å². The standard InChI is InChI=1S/C17H21ClN4O3S/c1-12-14(9-19-21(12)2)6-7-20-26(24,25)16-10-22(11-16)17(23)13-4-3-5-15(18)8-13/h3-5,8-9,16,20H,6-7,10-11H2,1-2H3. The number of nitrogens with zero attached hydrogens (tertiary/aromatic N) is 3. The van der Waals surface area contributed by atoms with Gasteiger partial charge in [0.15, 0.2) is 0 Å². The number of aryl methyl sites for hydroxylation is 1. The highest BCUT2D eigenvalue weighted by Crippen LogP contribution is 2.20. The quantitative estimate of drug-likeness (QED) is 0.799. The molecule has 1 aliphatic heterocycles. The first-order chi connectivity index (χ1) is 12.3. The number of amides is 1. The fourth-order valence-electron chi connectivity index (χ4n) is 2.84. The minimum atomic E-state index is -3.45. The Hall–Kier alpha value is -1.90. The molecule has 2 aromatic rings. The third kappa shape index (κ3) is 3.92. The van der Waals surface area contributed by atoms with Crippen molar-refractivity contribution in [2.75, 3.05) is 19.6 Å². The van der Waals surface area contributed by atoms with E-state index < -0.39 is 15.3 Å². The van der Waals surface area contributed by atoms with Crippen molar-refractivity contribution in [2.45, 2.75) is 18.6 Å². The lowest BCUT2D eigenvalue weighted by molar-refractivity contribution is 0.0658. The van der Waals surface area contributed by atoms with E-state index in [1.165, 1.54) is 4.90 Å². The Morgan fingerprint density at radius 1 is 1.38 bits per heavy atom. The zero-order valence-corrected chi connectivity index (χ0v) is 16.2. The van der Waals surface area contributed by atoms with E-state index in [9.17, 15) is 13.2 Å². The van der Waals surface area contributed by atoms with Gasteiger partial charge in [-0.3, -0.25) is 9.48 Å². The first kappa shape index (κ1) is 18.9. The summed E-state index contributed by atoms with van der Waals surface area (Å²) < 4.78 is 29.1. The molecular weight excluding hydrogens is 376 g/mol. The lowest BCUT2D eigenvalue weighted by atomic mass is 10.1. The van der Waals surface area contributed by atoms with Crippen LogP contribution < -0.4 is 4.72 Å². The molecule has 26 heavy (non-hydrogen) atoms. The van der Waals surface area contributed by atoms with Crippen molar-refractivity contribution >= 4 is 27.5 Å². The van der Waals surface area contributed by atoms with Gasteiger partial charge in [-0.2, -0.15) is 5.10 Å². The molecule has 1 saturated heterocycles. The van der Waals surface area contributed by atoms with Gasteiger partial charge in [-0.1, -0.05) is 17.7 Å². The van der Waals surface area contributed by atoms with Crippen LogP contribution in [0.1, 0.15) is 21.6 Å². The van der Waals surface area contributed by atoms with Crippen LogP contribution in [0, 0.1) is 6.92 Å². The second kappa shape index (κ2) is 7.38. The number of aromatic nitrogens is 2. The van der Waals surface area contributed by atoms with Crippen molar-refractivity contribution in [3.05, 3.63) is 52.3 Å². The summed E-state index contributed by atoms with van der Waals surface area (Å²) in [5.41, 5.74) is 2.50. The van der Waals surface area contributed by atoms with E-state index >= 15 is 0 Å². The van der Waals surface area contributed by atoms with Gasteiger partial charge in [0.05, 0.1) is 6.20 Å². The summed E-state index contributed by atoms with van der Waals surface area (Å²) in [6.45, 7) is 2.63. The number of hydrogen-bond acceptors (Lipinski definition) is 4. The van der Waals surface area contributed by atoms with Crippen LogP contribution in [0.15, 0.2) is 30.5 Å². The average Bonchev–Trinajstić information content (AvgIpc) is 2.85. The summed E-state index contributed by atoms with van der Waals surface area (Å²) in [4.78, 5) is 13.8. The van der Waals surface area contributed by atoms with Crippen molar-refractivity contribution < 1.29 is 13.2 Å². The molecule has 1 amide bonds. The van der Waals surface area contributed by atoms with Gasteiger partial charge in [0, 0.05) is 43.0 Å². The SMILES string of the molecule is Cc1c(CCNS(=O)(=O)C2CN(C(=O)c3cccc(Cl)c3)C2)cnn1C. The minimum Gasteiger partial charge on any atom is -0.336 e. The third-order valence-electron chi connectivity index (χ3n) is 4.68. The fourth-order valence-corrected chi connectivity index (χ4v) is 4.40. The maximum atomic E-state index is 12.4. The van der Waals surface area contributed by atoms with Crippen LogP contribution in [0.3, 0.4) is 0 Å². The molecule has 1 aromatic carbocycles. The molecule has 1 aliphatic rings. The molecule has 3 rings (SSSR count). The molecule has 9 heteroatoms. The smallest absolute Gasteiger partial charge is 0.253 e. The number of rotatable bonds is 6. The van der Waals surface area contributed by atoms with Crippen molar-refractivity contribution in [1.29, 1.82) is 0 Å². The second-order valence-corrected chi connectivity index (χ2v) is 8.89. The van der Waals surface area contributed by atoms with Crippen LogP contribution in [0.4, 0.5) is 0 Å². The van der Waals surface area contributed by atoms with Crippen molar-refractivity contribution in [1.82, 2.24) is 19.4 Å². The first-order valence-electron chi connectivity index (χ1n) is 8.28. The van der Waals surface area contributed by atoms with Gasteiger partial charge in [-0.15, -0.1) is 0 Å². The zero-order valence-electron chi connectivity index (χ0n) is 14.6. The van der Waals surface area contributed by atoms with Gasteiger partial charge in [0.1, 0.15) is 5.25 Å². The van der Waals surface area contributed by atoms with E-state index in [4.69, 9.17) is 11.6 Å². The number of likely N-dealkylation sites (tertiary alicyclic amines) is 1. The molecule has 1 N–H and O–H groups in total. The summed E-state index contributed by atoms with van der Waals surface area (Å²) in [6.07, 6.45) is 2.33. The molecule has 0 radical (unpaired) electrons. The predicted octanol–water partition coefficient (Wildman–Crippen LogP) is 1.37. The number of nitrogens with one attached hydrogen (secondary N) is 1. The summed E-state index contributed by atoms with van der Waals surface area (Å²) in [6, 6.07) is 6.64. The predicted molar refractivity (Wildman–Crippen MR) is 99.7 cm³/mol. The van der Waals surface area contributed by atoms with Gasteiger partial charge in [-0.25, -0.2) is 13.1 Å². The molecule has 0 bridgehead atoms. The normalized spacial score (nSPS) is 15.1. The topological polar surface area (TPSA) is 84.3 Å². The number of sulfonamides is 1. The van der Waals surface area contributed by atoms with E-state index in [1.54, 1.807) is 35.1 Å². The van der Waals surface area contributed by atoms with E-state index in [0.717, 1.165) is 11.3 Å². The second-order valence-electron chi connectivity index (χ2n) is 6.41. The van der Waals surface area contributed by atoms with Crippen LogP contribution in [-0.2, 0) is 23.5 Å². The minimum absolute atomic E-state index is 0.187. The molecule has 0 saturated carbocycles. The maximum absolute atomic E-state index is 12.4. The highest BCUT2D eigenvalue weighted by molar-refractivity contribution is 7.90. The summed E-state index contributed by atoms with van der Waals surface area (Å²) in [5.74, 6) is -0.204. The van der Waals surface area contributed by atoms with Crippen LogP contribution >= 0.6 is 11.6 Å². The Morgan fingerprint density at radius 3 is 2.73 bits per heavy atom. The summed E-state index contributed by atoms with van der Waals surface area (Å²) >= 11 is 5.89. The number of carbonyl (C=O) groups excluding carboxylic acids is 1. The number of carbonyl (C=O) groups is 1. The Bertz CT molecular complexity index is 920.